The summed E-state index contributed by atoms with van der Waals surface area (Å²) in [4.78, 5) is 21.6. The van der Waals surface area contributed by atoms with Crippen LogP contribution in [0.1, 0.15) is 0 Å². The minimum Gasteiger partial charge on any atom is -0.321 e. The first-order chi connectivity index (χ1) is 7.16. The summed E-state index contributed by atoms with van der Waals surface area (Å²) in [6.07, 6.45) is 0. The second kappa shape index (κ2) is 6.64. The normalized spacial score (nSPS) is 10.4. The minimum atomic E-state index is -4.64. The average molecular weight is 309 g/mol. The third kappa shape index (κ3) is 6.52. The maximum atomic E-state index is 8.88. The number of benzene rings is 1. The van der Waals surface area contributed by atoms with Crippen LogP contribution in [-0.2, 0) is 4.57 Å². The summed E-state index contributed by atoms with van der Waals surface area (Å²) in [5.74, 6) is 5.14. The van der Waals surface area contributed by atoms with Crippen LogP contribution in [0.3, 0.4) is 0 Å². The summed E-state index contributed by atoms with van der Waals surface area (Å²) in [5.41, 5.74) is 2.80. The molecule has 0 radical (unpaired) electrons. The molecule has 0 bridgehead atoms. The van der Waals surface area contributed by atoms with E-state index in [1.807, 2.05) is 0 Å². The molecule has 0 aliphatic rings. The van der Waals surface area contributed by atoms with Gasteiger partial charge in [0, 0.05) is 0 Å². The molecule has 0 spiro atoms. The van der Waals surface area contributed by atoms with Gasteiger partial charge >= 0.3 is 7.82 Å². The molecule has 6 N–H and O–H groups in total. The molecule has 1 aromatic rings. The van der Waals surface area contributed by atoms with E-state index in [-0.39, 0.29) is 0 Å². The molecule has 0 aromatic heterocycles. The third-order valence-corrected chi connectivity index (χ3v) is 2.31. The van der Waals surface area contributed by atoms with Gasteiger partial charge < -0.3 is 20.1 Å². The quantitative estimate of drug-likeness (QED) is 0.234. The lowest BCUT2D eigenvalue weighted by Crippen LogP contribution is -2.07. The van der Waals surface area contributed by atoms with Gasteiger partial charge in [-0.15, -0.1) is 0 Å². The predicted octanol–water partition coefficient (Wildman–Crippen LogP) is 2.00. The number of rotatable bonds is 1. The van der Waals surface area contributed by atoms with Crippen molar-refractivity contribution in [1.82, 2.24) is 0 Å². The number of anilines is 1. The highest BCUT2D eigenvalue weighted by molar-refractivity contribution is 7.45. The molecular formula is C6H8Cl3N2O4P. The van der Waals surface area contributed by atoms with Gasteiger partial charge in [-0.05, 0) is 12.1 Å². The van der Waals surface area contributed by atoms with Gasteiger partial charge in [0.1, 0.15) is 0 Å². The second-order valence-corrected chi connectivity index (χ2v) is 4.59. The number of nitrogens with one attached hydrogen (secondary N) is 1. The van der Waals surface area contributed by atoms with Crippen molar-refractivity contribution in [2.75, 3.05) is 5.43 Å². The summed E-state index contributed by atoms with van der Waals surface area (Å²) in [6, 6.07) is 3.22. The molecule has 0 fully saturated rings. The van der Waals surface area contributed by atoms with E-state index in [9.17, 15) is 0 Å². The fraction of sp³-hybridized carbons (Fsp3) is 0. The molecule has 10 heteroatoms. The van der Waals surface area contributed by atoms with E-state index in [0.717, 1.165) is 0 Å². The number of hydrogen-bond acceptors (Lipinski definition) is 3. The van der Waals surface area contributed by atoms with Crippen molar-refractivity contribution in [3.63, 3.8) is 0 Å². The summed E-state index contributed by atoms with van der Waals surface area (Å²) in [7, 11) is -4.64. The van der Waals surface area contributed by atoms with Crippen molar-refractivity contribution in [2.24, 2.45) is 5.84 Å². The van der Waals surface area contributed by atoms with Crippen LogP contribution in [0.4, 0.5) is 5.69 Å². The molecule has 0 aliphatic carbocycles. The van der Waals surface area contributed by atoms with Crippen LogP contribution in [0, 0.1) is 0 Å². The molecular weight excluding hydrogens is 301 g/mol. The second-order valence-electron chi connectivity index (χ2n) is 2.38. The van der Waals surface area contributed by atoms with Crippen molar-refractivity contribution in [1.29, 1.82) is 0 Å². The molecule has 0 saturated carbocycles. The van der Waals surface area contributed by atoms with Gasteiger partial charge in [-0.1, -0.05) is 34.8 Å². The van der Waals surface area contributed by atoms with E-state index in [4.69, 9.17) is 59.9 Å². The van der Waals surface area contributed by atoms with E-state index in [0.29, 0.717) is 20.8 Å². The Labute approximate surface area is 106 Å². The zero-order chi connectivity index (χ0) is 12.9. The third-order valence-electron chi connectivity index (χ3n) is 1.19. The van der Waals surface area contributed by atoms with Crippen LogP contribution in [0.25, 0.3) is 0 Å². The first-order valence-corrected chi connectivity index (χ1v) is 6.25. The summed E-state index contributed by atoms with van der Waals surface area (Å²) in [5, 5.41) is 1.20. The largest absolute Gasteiger partial charge is 0.466 e. The Balaban J connectivity index is 0.000000385. The van der Waals surface area contributed by atoms with Gasteiger partial charge in [0.25, 0.3) is 0 Å². The number of hydrogen-bond donors (Lipinski definition) is 5. The molecule has 0 heterocycles. The monoisotopic (exact) mass is 308 g/mol. The fourth-order valence-electron chi connectivity index (χ4n) is 0.659. The molecule has 1 rings (SSSR count). The van der Waals surface area contributed by atoms with Gasteiger partial charge in [0.05, 0.1) is 20.8 Å². The Morgan fingerprint density at radius 2 is 1.50 bits per heavy atom. The van der Waals surface area contributed by atoms with Gasteiger partial charge in [-0.3, -0.25) is 5.84 Å². The highest BCUT2D eigenvalue weighted by atomic mass is 35.5. The van der Waals surface area contributed by atoms with E-state index in [2.05, 4.69) is 5.43 Å². The lowest BCUT2D eigenvalue weighted by molar-refractivity contribution is 0.275. The molecule has 0 atom stereocenters. The number of nitrogens with two attached hydrogens (primary N) is 1. The van der Waals surface area contributed by atoms with Crippen LogP contribution < -0.4 is 11.3 Å². The van der Waals surface area contributed by atoms with E-state index < -0.39 is 7.82 Å². The number of hydrazine groups is 1. The topological polar surface area (TPSA) is 116 Å². The minimum absolute atomic E-state index is 0.335. The molecule has 1 aromatic carbocycles. The van der Waals surface area contributed by atoms with Crippen molar-refractivity contribution in [3.05, 3.63) is 27.2 Å². The molecule has 0 saturated heterocycles. The Morgan fingerprint density at radius 1 is 1.12 bits per heavy atom. The van der Waals surface area contributed by atoms with Crippen molar-refractivity contribution in [3.8, 4) is 0 Å². The maximum Gasteiger partial charge on any atom is 0.466 e. The number of halogens is 3. The Bertz CT molecular complexity index is 403. The van der Waals surface area contributed by atoms with Crippen LogP contribution in [0.5, 0.6) is 0 Å². The summed E-state index contributed by atoms with van der Waals surface area (Å²) in [6.45, 7) is 0. The molecule has 0 amide bonds. The molecule has 16 heavy (non-hydrogen) atoms. The summed E-state index contributed by atoms with van der Waals surface area (Å²) >= 11 is 17.1. The predicted molar refractivity (Wildman–Crippen MR) is 63.5 cm³/mol. The van der Waals surface area contributed by atoms with Gasteiger partial charge in [0.15, 0.2) is 0 Å². The van der Waals surface area contributed by atoms with E-state index >= 15 is 0 Å². The lowest BCUT2D eigenvalue weighted by atomic mass is 10.3. The van der Waals surface area contributed by atoms with Crippen molar-refractivity contribution in [2.45, 2.75) is 0 Å². The molecule has 0 aliphatic heterocycles. The SMILES string of the molecule is NNc1c(Cl)ccc(Cl)c1Cl.O=P(O)(O)O. The smallest absolute Gasteiger partial charge is 0.321 e. The Hall–Kier alpha value is -0.0400. The van der Waals surface area contributed by atoms with Crippen molar-refractivity contribution < 1.29 is 19.2 Å². The number of phosphoric acid groups is 1. The standard InChI is InChI=1S/C6H5Cl3N2.H3O4P/c7-3-1-2-4(8)6(11-10)5(3)9;1-5(2,3)4/h1-2,11H,10H2;(H3,1,2,3,4). The fourth-order valence-corrected chi connectivity index (χ4v) is 1.30. The van der Waals surface area contributed by atoms with E-state index in [1.165, 1.54) is 0 Å². The highest BCUT2D eigenvalue weighted by Gasteiger charge is 2.06. The van der Waals surface area contributed by atoms with Gasteiger partial charge in [0.2, 0.25) is 0 Å². The zero-order valence-corrected chi connectivity index (χ0v) is 10.7. The first kappa shape index (κ1) is 16.0. The Kier molecular flexibility index (Phi) is 6.62. The number of nitrogen functional groups attached to an aromatic ring is 1. The van der Waals surface area contributed by atoms with E-state index in [1.54, 1.807) is 12.1 Å². The van der Waals surface area contributed by atoms with Crippen LogP contribution in [0.2, 0.25) is 15.1 Å². The van der Waals surface area contributed by atoms with Crippen LogP contribution >= 0.6 is 42.6 Å². The average Bonchev–Trinajstić information content (AvgIpc) is 2.10. The van der Waals surface area contributed by atoms with Crippen LogP contribution in [0.15, 0.2) is 12.1 Å². The van der Waals surface area contributed by atoms with Crippen LogP contribution in [-0.4, -0.2) is 14.7 Å². The molecule has 0 unspecified atom stereocenters. The lowest BCUT2D eigenvalue weighted by Gasteiger charge is -2.05. The van der Waals surface area contributed by atoms with Crippen molar-refractivity contribution >= 4 is 48.3 Å². The maximum absolute atomic E-state index is 8.88. The van der Waals surface area contributed by atoms with Gasteiger partial charge in [-0.25, -0.2) is 4.57 Å². The Morgan fingerprint density at radius 3 is 1.81 bits per heavy atom. The van der Waals surface area contributed by atoms with Gasteiger partial charge in [-0.2, -0.15) is 0 Å². The highest BCUT2D eigenvalue weighted by Crippen LogP contribution is 2.34. The zero-order valence-electron chi connectivity index (χ0n) is 7.56. The molecule has 92 valence electrons. The molecule has 6 nitrogen and oxygen atoms in total. The summed E-state index contributed by atoms with van der Waals surface area (Å²) < 4.78 is 8.88. The first-order valence-electron chi connectivity index (χ1n) is 3.55.